The average Bonchev–Trinajstić information content (AvgIpc) is 3.46. The van der Waals surface area contributed by atoms with Gasteiger partial charge in [-0.05, 0) is 59.4 Å². The number of halogens is 3. The fraction of sp³-hybridized carbons (Fsp3) is 0.395. The van der Waals surface area contributed by atoms with E-state index >= 15 is 0 Å². The second-order valence-corrected chi connectivity index (χ2v) is 13.6. The van der Waals surface area contributed by atoms with Gasteiger partial charge in [0.25, 0.3) is 0 Å². The Hall–Kier alpha value is -3.13. The molecule has 0 aliphatic carbocycles. The van der Waals surface area contributed by atoms with Gasteiger partial charge in [0.05, 0.1) is 16.8 Å². The van der Waals surface area contributed by atoms with E-state index in [2.05, 4.69) is 60.4 Å². The fourth-order valence-corrected chi connectivity index (χ4v) is 6.61. The third-order valence-electron chi connectivity index (χ3n) is 8.56. The summed E-state index contributed by atoms with van der Waals surface area (Å²) in [6.07, 6.45) is 1.62. The molecule has 0 atom stereocenters. The molecule has 2 aromatic heterocycles. The number of aliphatic hydroxyl groups excluding tert-OH is 1. The van der Waals surface area contributed by atoms with E-state index in [0.29, 0.717) is 16.6 Å². The molecule has 253 valence electrons. The molecule has 0 bridgehead atoms. The molecule has 5 rings (SSSR count). The number of hydrogen-bond acceptors (Lipinski definition) is 5. The van der Waals surface area contributed by atoms with Crippen molar-refractivity contribution >= 4 is 48.9 Å². The first-order valence-corrected chi connectivity index (χ1v) is 16.7. The number of aliphatic hydroxyl groups is 1. The van der Waals surface area contributed by atoms with Crippen molar-refractivity contribution in [3.05, 3.63) is 83.2 Å². The summed E-state index contributed by atoms with van der Waals surface area (Å²) in [6, 6.07) is 15.9. The van der Waals surface area contributed by atoms with E-state index in [0.717, 1.165) is 52.8 Å². The zero-order chi connectivity index (χ0) is 33.8. The van der Waals surface area contributed by atoms with Crippen molar-refractivity contribution in [3.63, 3.8) is 0 Å². The Morgan fingerprint density at radius 2 is 1.57 bits per heavy atom. The third-order valence-corrected chi connectivity index (χ3v) is 9.44. The first-order valence-electron chi connectivity index (χ1n) is 15.9. The van der Waals surface area contributed by atoms with Crippen molar-refractivity contribution in [2.45, 2.75) is 85.7 Å². The minimum absolute atomic E-state index is 0. The monoisotopic (exact) mass is 840 g/mol. The number of benzene rings is 3. The van der Waals surface area contributed by atoms with Crippen molar-refractivity contribution in [3.8, 4) is 11.3 Å². The van der Waals surface area contributed by atoms with Crippen LogP contribution in [-0.2, 0) is 36.5 Å². The minimum atomic E-state index is -4.49. The number of alkyl halides is 3. The Kier molecular flexibility index (Phi) is 12.9. The molecule has 0 amide bonds. The Bertz CT molecular complexity index is 1870. The van der Waals surface area contributed by atoms with E-state index < -0.39 is 11.7 Å². The zero-order valence-corrected chi connectivity index (χ0v) is 31.1. The number of allylic oxidation sites excluding steroid dienone is 2. The smallest absolute Gasteiger partial charge is 0.418 e. The Labute approximate surface area is 292 Å². The Balaban J connectivity index is 0.000000322. The number of para-hydroxylation sites is 1. The van der Waals surface area contributed by atoms with Crippen LogP contribution in [0.4, 0.5) is 13.2 Å². The van der Waals surface area contributed by atoms with Crippen molar-refractivity contribution in [2.24, 2.45) is 11.8 Å². The number of rotatable bonds is 8. The van der Waals surface area contributed by atoms with Crippen LogP contribution in [-0.4, -0.2) is 20.9 Å². The molecule has 0 spiro atoms. The molecular weight excluding hydrogens is 798 g/mol. The molecule has 0 saturated carbocycles. The van der Waals surface area contributed by atoms with Crippen LogP contribution in [0.5, 0.6) is 0 Å². The van der Waals surface area contributed by atoms with Crippen LogP contribution in [0, 0.1) is 17.9 Å². The van der Waals surface area contributed by atoms with E-state index in [1.807, 2.05) is 33.8 Å². The number of fused-ring (bicyclic) bond motifs is 3. The van der Waals surface area contributed by atoms with Crippen molar-refractivity contribution in [1.29, 1.82) is 0 Å². The van der Waals surface area contributed by atoms with Gasteiger partial charge in [-0.25, -0.2) is 4.98 Å². The summed E-state index contributed by atoms with van der Waals surface area (Å²) in [6.45, 7) is 14.5. The number of aromatic nitrogens is 2. The SMILES string of the molecule is CC(C)(C)c1cc(-c2ncnc3c(C(F)(F)F)cccc23)[c-]c2cc3sccc3cc12.CCC(CC)C(=O)/C=C(\O)C(CC)CC.[Ir]. The maximum atomic E-state index is 13.5. The standard InChI is InChI=1S/C25H18F3N2S.C13H24O2.Ir/c1-24(2,3)20-11-16(9-15-12-21-14(7-8-31-21)10-18(15)20)22-17-5-4-6-19(25(26,27)28)23(17)30-13-29-22;1-5-10(6-2)12(14)9-13(15)11(7-3)8-4;/h4-8,10-13H,1-3H3;9-11,14H,5-8H2,1-4H3;/q-1;;/b;12-9-;. The average molecular weight is 840 g/mol. The van der Waals surface area contributed by atoms with Gasteiger partial charge < -0.3 is 5.11 Å². The van der Waals surface area contributed by atoms with Crippen LogP contribution in [0.2, 0.25) is 0 Å². The van der Waals surface area contributed by atoms with Crippen LogP contribution >= 0.6 is 11.3 Å². The van der Waals surface area contributed by atoms with Crippen LogP contribution in [0.25, 0.3) is 43.0 Å². The second kappa shape index (κ2) is 15.8. The Morgan fingerprint density at radius 1 is 0.915 bits per heavy atom. The van der Waals surface area contributed by atoms with Gasteiger partial charge in [0.1, 0.15) is 6.33 Å². The molecule has 1 radical (unpaired) electrons. The van der Waals surface area contributed by atoms with Crippen LogP contribution in [0.15, 0.2) is 66.0 Å². The predicted molar refractivity (Wildman–Crippen MR) is 184 cm³/mol. The molecule has 0 fully saturated rings. The van der Waals surface area contributed by atoms with E-state index in [-0.39, 0.29) is 54.4 Å². The van der Waals surface area contributed by atoms with Gasteiger partial charge in [-0.15, -0.1) is 29.1 Å². The normalized spacial score (nSPS) is 12.5. The molecule has 0 unspecified atom stereocenters. The van der Waals surface area contributed by atoms with E-state index in [1.165, 1.54) is 23.9 Å². The van der Waals surface area contributed by atoms with Crippen molar-refractivity contribution in [2.75, 3.05) is 0 Å². The Morgan fingerprint density at radius 3 is 2.17 bits per heavy atom. The molecule has 4 nitrogen and oxygen atoms in total. The first-order chi connectivity index (χ1) is 21.7. The van der Waals surface area contributed by atoms with E-state index in [4.69, 9.17) is 0 Å². The summed E-state index contributed by atoms with van der Waals surface area (Å²) in [5, 5.41) is 15.4. The van der Waals surface area contributed by atoms with E-state index in [9.17, 15) is 23.1 Å². The quantitative estimate of drug-likeness (QED) is 0.0960. The van der Waals surface area contributed by atoms with Gasteiger partial charge in [-0.1, -0.05) is 77.6 Å². The number of carbonyl (C=O) groups excluding carboxylic acids is 1. The molecule has 0 aliphatic rings. The molecule has 9 heteroatoms. The maximum Gasteiger partial charge on any atom is 0.418 e. The number of ketones is 1. The number of thiophene rings is 1. The molecule has 0 aliphatic heterocycles. The summed E-state index contributed by atoms with van der Waals surface area (Å²) >= 11 is 1.65. The van der Waals surface area contributed by atoms with Gasteiger partial charge in [-0.2, -0.15) is 24.5 Å². The maximum absolute atomic E-state index is 13.5. The molecular formula is C38H42F3IrN2O2S-. The summed E-state index contributed by atoms with van der Waals surface area (Å²) in [5.74, 6) is 0.547. The predicted octanol–water partition coefficient (Wildman–Crippen LogP) is 11.6. The summed E-state index contributed by atoms with van der Waals surface area (Å²) < 4.78 is 41.7. The van der Waals surface area contributed by atoms with Crippen molar-refractivity contribution in [1.82, 2.24) is 9.97 Å². The molecule has 1 N–H and O–H groups in total. The molecule has 2 heterocycles. The largest absolute Gasteiger partial charge is 0.512 e. The van der Waals surface area contributed by atoms with Gasteiger partial charge in [0.15, 0.2) is 5.78 Å². The molecule has 3 aromatic carbocycles. The second-order valence-electron chi connectivity index (χ2n) is 12.6. The fourth-order valence-electron chi connectivity index (χ4n) is 5.80. The van der Waals surface area contributed by atoms with Gasteiger partial charge in [0, 0.05) is 48.4 Å². The minimum Gasteiger partial charge on any atom is -0.512 e. The summed E-state index contributed by atoms with van der Waals surface area (Å²) in [7, 11) is 0. The number of hydrogen-bond donors (Lipinski definition) is 1. The zero-order valence-electron chi connectivity index (χ0n) is 27.9. The van der Waals surface area contributed by atoms with Gasteiger partial charge in [-0.3, -0.25) is 9.78 Å². The van der Waals surface area contributed by atoms with E-state index in [1.54, 1.807) is 17.4 Å². The topological polar surface area (TPSA) is 63.1 Å². The van der Waals surface area contributed by atoms with Gasteiger partial charge >= 0.3 is 6.18 Å². The van der Waals surface area contributed by atoms with Crippen LogP contribution in [0.1, 0.15) is 85.3 Å². The summed E-state index contributed by atoms with van der Waals surface area (Å²) in [4.78, 5) is 20.0. The molecule has 0 saturated heterocycles. The summed E-state index contributed by atoms with van der Waals surface area (Å²) in [5.41, 5.74) is 1.19. The number of carbonyl (C=O) groups is 1. The van der Waals surface area contributed by atoms with Crippen LogP contribution < -0.4 is 0 Å². The first kappa shape index (κ1) is 38.3. The van der Waals surface area contributed by atoms with Gasteiger partial charge in [0.2, 0.25) is 0 Å². The molecule has 47 heavy (non-hydrogen) atoms. The van der Waals surface area contributed by atoms with Crippen molar-refractivity contribution < 1.29 is 43.2 Å². The third kappa shape index (κ3) is 8.67. The molecule has 5 aromatic rings. The van der Waals surface area contributed by atoms with Crippen LogP contribution in [0.3, 0.4) is 0 Å². The number of nitrogens with zero attached hydrogens (tertiary/aromatic N) is 2.